The Labute approximate surface area is 97.1 Å². The lowest BCUT2D eigenvalue weighted by molar-refractivity contribution is 0.199. The van der Waals surface area contributed by atoms with E-state index in [0.717, 1.165) is 17.3 Å². The second kappa shape index (κ2) is 4.42. The molecule has 0 radical (unpaired) electrons. The topological polar surface area (TPSA) is 36.4 Å². The molecule has 0 spiro atoms. The van der Waals surface area contributed by atoms with Gasteiger partial charge in [-0.15, -0.1) is 0 Å². The van der Waals surface area contributed by atoms with Crippen LogP contribution in [-0.2, 0) is 0 Å². The maximum absolute atomic E-state index is 9.54. The first-order chi connectivity index (χ1) is 7.59. The van der Waals surface area contributed by atoms with Crippen LogP contribution < -0.4 is 4.90 Å². The third-order valence-electron chi connectivity index (χ3n) is 3.53. The smallest absolute Gasteiger partial charge is 0.128 e. The minimum atomic E-state index is -0.425. The quantitative estimate of drug-likeness (QED) is 0.846. The summed E-state index contributed by atoms with van der Waals surface area (Å²) in [6.07, 6.45) is 4.02. The molecule has 2 atom stereocenters. The molecule has 1 aromatic rings. The first kappa shape index (κ1) is 11.4. The number of aromatic nitrogens is 1. The molecule has 1 fully saturated rings. The molecule has 0 amide bonds. The van der Waals surface area contributed by atoms with Gasteiger partial charge < -0.3 is 10.0 Å². The second-order valence-electron chi connectivity index (χ2n) is 4.81. The van der Waals surface area contributed by atoms with Crippen LogP contribution in [0.25, 0.3) is 0 Å². The van der Waals surface area contributed by atoms with Crippen molar-refractivity contribution in [1.29, 1.82) is 0 Å². The van der Waals surface area contributed by atoms with E-state index >= 15 is 0 Å². The van der Waals surface area contributed by atoms with Gasteiger partial charge in [0.2, 0.25) is 0 Å². The van der Waals surface area contributed by atoms with Gasteiger partial charge in [0, 0.05) is 19.3 Å². The lowest BCUT2D eigenvalue weighted by Gasteiger charge is -2.26. The third-order valence-corrected chi connectivity index (χ3v) is 3.53. The molecule has 0 aromatic carbocycles. The molecule has 16 heavy (non-hydrogen) atoms. The summed E-state index contributed by atoms with van der Waals surface area (Å²) in [5, 5.41) is 9.54. The first-order valence-electron chi connectivity index (χ1n) is 5.96. The average molecular weight is 220 g/mol. The van der Waals surface area contributed by atoms with Crippen LogP contribution >= 0.6 is 0 Å². The number of aliphatic hydroxyl groups is 1. The monoisotopic (exact) mass is 220 g/mol. The average Bonchev–Trinajstić information content (AvgIpc) is 3.11. The minimum absolute atomic E-state index is 0.425. The van der Waals surface area contributed by atoms with E-state index in [2.05, 4.69) is 23.9 Å². The van der Waals surface area contributed by atoms with Crippen LogP contribution in [0.1, 0.15) is 38.4 Å². The van der Waals surface area contributed by atoms with Crippen LogP contribution in [-0.4, -0.2) is 23.2 Å². The number of anilines is 1. The van der Waals surface area contributed by atoms with Crippen molar-refractivity contribution in [3.63, 3.8) is 0 Å². The summed E-state index contributed by atoms with van der Waals surface area (Å²) in [5.74, 6) is 1.78. The Balaban J connectivity index is 2.15. The standard InChI is InChI=1S/C13H20N2O/c1-9(11-4-5-11)15(3)13-8-12(10(2)16)6-7-14-13/h6-11,16H,4-5H2,1-3H3/t9?,10-/m1/s1. The van der Waals surface area contributed by atoms with Crippen molar-refractivity contribution in [3.05, 3.63) is 23.9 Å². The van der Waals surface area contributed by atoms with Crippen molar-refractivity contribution < 1.29 is 5.11 Å². The van der Waals surface area contributed by atoms with Gasteiger partial charge in [-0.1, -0.05) is 0 Å². The van der Waals surface area contributed by atoms with Gasteiger partial charge in [0.15, 0.2) is 0 Å². The lowest BCUT2D eigenvalue weighted by atomic mass is 10.1. The molecule has 1 aliphatic rings. The van der Waals surface area contributed by atoms with Gasteiger partial charge in [-0.3, -0.25) is 0 Å². The Morgan fingerprint density at radius 2 is 2.12 bits per heavy atom. The Kier molecular flexibility index (Phi) is 3.15. The molecule has 1 saturated carbocycles. The van der Waals surface area contributed by atoms with Crippen molar-refractivity contribution in [2.75, 3.05) is 11.9 Å². The highest BCUT2D eigenvalue weighted by Gasteiger charge is 2.31. The summed E-state index contributed by atoms with van der Waals surface area (Å²) in [4.78, 5) is 6.58. The van der Waals surface area contributed by atoms with Crippen molar-refractivity contribution in [2.45, 2.75) is 38.8 Å². The highest BCUT2D eigenvalue weighted by Crippen LogP contribution is 2.36. The number of aliphatic hydroxyl groups excluding tert-OH is 1. The highest BCUT2D eigenvalue weighted by molar-refractivity contribution is 5.42. The largest absolute Gasteiger partial charge is 0.389 e. The highest BCUT2D eigenvalue weighted by atomic mass is 16.3. The van der Waals surface area contributed by atoms with Crippen LogP contribution in [0.5, 0.6) is 0 Å². The molecular weight excluding hydrogens is 200 g/mol. The van der Waals surface area contributed by atoms with Crippen LogP contribution in [0.3, 0.4) is 0 Å². The third kappa shape index (κ3) is 2.35. The summed E-state index contributed by atoms with van der Waals surface area (Å²) < 4.78 is 0. The zero-order valence-electron chi connectivity index (χ0n) is 10.2. The van der Waals surface area contributed by atoms with Gasteiger partial charge in [-0.05, 0) is 50.3 Å². The Morgan fingerprint density at radius 3 is 2.69 bits per heavy atom. The number of nitrogens with zero attached hydrogens (tertiary/aromatic N) is 2. The molecule has 88 valence electrons. The second-order valence-corrected chi connectivity index (χ2v) is 4.81. The van der Waals surface area contributed by atoms with E-state index in [1.165, 1.54) is 12.8 Å². The SMILES string of the molecule is CC(C1CC1)N(C)c1cc([C@@H](C)O)ccn1. The Hall–Kier alpha value is -1.09. The van der Waals surface area contributed by atoms with Gasteiger partial charge in [0.25, 0.3) is 0 Å². The summed E-state index contributed by atoms with van der Waals surface area (Å²) >= 11 is 0. The molecule has 1 unspecified atom stereocenters. The van der Waals surface area contributed by atoms with Gasteiger partial charge in [-0.25, -0.2) is 4.98 Å². The number of hydrogen-bond acceptors (Lipinski definition) is 3. The maximum Gasteiger partial charge on any atom is 0.128 e. The molecule has 3 nitrogen and oxygen atoms in total. The summed E-state index contributed by atoms with van der Waals surface area (Å²) in [6.45, 7) is 4.03. The van der Waals surface area contributed by atoms with Gasteiger partial charge >= 0.3 is 0 Å². The van der Waals surface area contributed by atoms with E-state index in [0.29, 0.717) is 6.04 Å². The van der Waals surface area contributed by atoms with Crippen LogP contribution in [0.2, 0.25) is 0 Å². The van der Waals surface area contributed by atoms with Crippen molar-refractivity contribution in [1.82, 2.24) is 4.98 Å². The molecular formula is C13H20N2O. The predicted molar refractivity (Wildman–Crippen MR) is 65.5 cm³/mol. The molecule has 0 aliphatic heterocycles. The number of hydrogen-bond donors (Lipinski definition) is 1. The normalized spacial score (nSPS) is 19.2. The van der Waals surface area contributed by atoms with Gasteiger partial charge in [-0.2, -0.15) is 0 Å². The molecule has 0 saturated heterocycles. The summed E-state index contributed by atoms with van der Waals surface area (Å²) in [5.41, 5.74) is 0.930. The fourth-order valence-electron chi connectivity index (χ4n) is 1.99. The molecule has 3 heteroatoms. The maximum atomic E-state index is 9.54. The van der Waals surface area contributed by atoms with Crippen LogP contribution in [0, 0.1) is 5.92 Å². The zero-order valence-corrected chi connectivity index (χ0v) is 10.2. The molecule has 1 heterocycles. The molecule has 1 aliphatic carbocycles. The van der Waals surface area contributed by atoms with E-state index in [-0.39, 0.29) is 0 Å². The summed E-state index contributed by atoms with van der Waals surface area (Å²) in [7, 11) is 2.08. The summed E-state index contributed by atoms with van der Waals surface area (Å²) in [6, 6.07) is 4.38. The van der Waals surface area contributed by atoms with E-state index in [1.807, 2.05) is 12.1 Å². The van der Waals surface area contributed by atoms with Crippen LogP contribution in [0.4, 0.5) is 5.82 Å². The Morgan fingerprint density at radius 1 is 1.44 bits per heavy atom. The van der Waals surface area contributed by atoms with E-state index in [4.69, 9.17) is 0 Å². The fraction of sp³-hybridized carbons (Fsp3) is 0.615. The molecule has 2 rings (SSSR count). The minimum Gasteiger partial charge on any atom is -0.389 e. The van der Waals surface area contributed by atoms with Gasteiger partial charge in [0.1, 0.15) is 5.82 Å². The lowest BCUT2D eigenvalue weighted by Crippen LogP contribution is -2.31. The first-order valence-corrected chi connectivity index (χ1v) is 5.96. The van der Waals surface area contributed by atoms with E-state index < -0.39 is 6.10 Å². The van der Waals surface area contributed by atoms with Crippen molar-refractivity contribution >= 4 is 5.82 Å². The van der Waals surface area contributed by atoms with Crippen molar-refractivity contribution in [2.24, 2.45) is 5.92 Å². The predicted octanol–water partition coefficient (Wildman–Crippen LogP) is 2.37. The Bertz CT molecular complexity index is 361. The fourth-order valence-corrected chi connectivity index (χ4v) is 1.99. The number of pyridine rings is 1. The van der Waals surface area contributed by atoms with Gasteiger partial charge in [0.05, 0.1) is 6.10 Å². The molecule has 0 bridgehead atoms. The number of rotatable bonds is 4. The van der Waals surface area contributed by atoms with E-state index in [9.17, 15) is 5.11 Å². The van der Waals surface area contributed by atoms with Crippen LogP contribution in [0.15, 0.2) is 18.3 Å². The van der Waals surface area contributed by atoms with Crippen molar-refractivity contribution in [3.8, 4) is 0 Å². The zero-order chi connectivity index (χ0) is 11.7. The molecule has 1 aromatic heterocycles. The van der Waals surface area contributed by atoms with E-state index in [1.54, 1.807) is 13.1 Å². The molecule has 1 N–H and O–H groups in total.